The summed E-state index contributed by atoms with van der Waals surface area (Å²) in [6.07, 6.45) is 2.99. The van der Waals surface area contributed by atoms with Gasteiger partial charge in [0.2, 0.25) is 5.75 Å². The van der Waals surface area contributed by atoms with Gasteiger partial charge in [0.1, 0.15) is 6.79 Å². The molecule has 0 bridgehead atoms. The number of fused-ring (bicyclic) bond motifs is 1. The molecule has 0 unspecified atom stereocenters. The lowest BCUT2D eigenvalue weighted by Gasteiger charge is -2.30. The Labute approximate surface area is 296 Å². The van der Waals surface area contributed by atoms with Gasteiger partial charge in [0.15, 0.2) is 29.8 Å². The molecule has 0 amide bonds. The Balaban J connectivity index is 1.60. The zero-order chi connectivity index (χ0) is 35.3. The monoisotopic (exact) mass is 727 g/mol. The molecule has 8 N–H and O–H groups in total. The number of ether oxygens (including phenoxy) is 4. The van der Waals surface area contributed by atoms with Gasteiger partial charge < -0.3 is 60.0 Å². The number of phenolic OH excluding ortho intramolecular Hbond substituents is 2. The first-order valence-corrected chi connectivity index (χ1v) is 19.4. The van der Waals surface area contributed by atoms with Crippen LogP contribution in [0.25, 0.3) is 0 Å². The Kier molecular flexibility index (Phi) is 16.2. The van der Waals surface area contributed by atoms with Crippen LogP contribution in [-0.4, -0.2) is 107 Å². The van der Waals surface area contributed by atoms with Crippen molar-refractivity contribution in [2.45, 2.75) is 87.5 Å². The molecule has 12 nitrogen and oxygen atoms in total. The number of aliphatic hydroxyl groups excluding tert-OH is 5. The van der Waals surface area contributed by atoms with Crippen LogP contribution in [0.4, 0.5) is 0 Å². The van der Waals surface area contributed by atoms with Gasteiger partial charge in [0.05, 0.1) is 31.5 Å². The molecule has 1 aliphatic heterocycles. The van der Waals surface area contributed by atoms with Crippen LogP contribution < -0.4 is 19.5 Å². The van der Waals surface area contributed by atoms with E-state index >= 15 is 0 Å². The molecule has 2 aliphatic rings. The zero-order valence-electron chi connectivity index (χ0n) is 28.3. The van der Waals surface area contributed by atoms with Gasteiger partial charge in [0.25, 0.3) is 0 Å². The Morgan fingerprint density at radius 1 is 0.878 bits per heavy atom. The molecule has 1 fully saturated rings. The van der Waals surface area contributed by atoms with E-state index in [1.54, 1.807) is 12.1 Å². The maximum atomic E-state index is 11.6. The summed E-state index contributed by atoms with van der Waals surface area (Å²) in [5, 5.41) is 76.7. The van der Waals surface area contributed by atoms with Crippen molar-refractivity contribution in [3.8, 4) is 28.7 Å². The number of methoxy groups -OCH3 is 1. The number of aryl methyl sites for hydroxylation is 1. The fourth-order valence-electron chi connectivity index (χ4n) is 6.87. The van der Waals surface area contributed by atoms with Gasteiger partial charge >= 0.3 is 0 Å². The van der Waals surface area contributed by atoms with E-state index in [1.165, 1.54) is 34.8 Å². The average molecular weight is 728 g/mol. The molecule has 2 aromatic rings. The fraction of sp³-hybridized carbons (Fsp3) is 0.657. The lowest BCUT2D eigenvalue weighted by Crippen LogP contribution is -2.38. The Bertz CT molecular complexity index is 1300. The van der Waals surface area contributed by atoms with Gasteiger partial charge in [-0.15, -0.1) is 0 Å². The number of nitrogens with one attached hydrogen (secondary N) is 1. The van der Waals surface area contributed by atoms with E-state index in [9.17, 15) is 35.7 Å². The standard InChI is InChI=1S/C35H53NO11S2/c1-36-17-21-3-6-24(7-4-21)47-31-14-23-5-8-25(45-19-38)15-28(40)27(11-22-12-32(44-2)35(43)33(13-22)46-20-39)30(42)18-48-49-34(9-10-37)26(23)16-29(31)41/h12-14,16,21,24-25,27-28,30,34,36-43H,3-11,15,17-20H2,1-2H3/t21?,24?,25-,27-,28+,30-,34-/m0/s1. The van der Waals surface area contributed by atoms with E-state index in [2.05, 4.69) is 5.32 Å². The van der Waals surface area contributed by atoms with Crippen molar-refractivity contribution in [1.29, 1.82) is 0 Å². The third-order valence-corrected chi connectivity index (χ3v) is 12.4. The highest BCUT2D eigenvalue weighted by Crippen LogP contribution is 2.46. The van der Waals surface area contributed by atoms with E-state index in [1.807, 2.05) is 13.1 Å². The summed E-state index contributed by atoms with van der Waals surface area (Å²) in [5.74, 6) is 0.505. The normalized spacial score (nSPS) is 26.9. The van der Waals surface area contributed by atoms with Gasteiger partial charge in [-0.05, 0) is 118 Å². The topological polar surface area (TPSA) is 191 Å². The van der Waals surface area contributed by atoms with Gasteiger partial charge in [-0.3, -0.25) is 0 Å². The minimum atomic E-state index is -1.04. The van der Waals surface area contributed by atoms with Crippen LogP contribution in [0.5, 0.6) is 28.7 Å². The first kappa shape index (κ1) is 39.6. The molecule has 5 atom stereocenters. The van der Waals surface area contributed by atoms with Crippen molar-refractivity contribution >= 4 is 21.6 Å². The minimum absolute atomic E-state index is 0.00357. The highest BCUT2D eigenvalue weighted by Gasteiger charge is 2.32. The Morgan fingerprint density at radius 3 is 2.31 bits per heavy atom. The Morgan fingerprint density at radius 2 is 1.63 bits per heavy atom. The number of benzene rings is 2. The molecule has 0 radical (unpaired) electrons. The number of aromatic hydroxyl groups is 2. The number of rotatable bonds is 13. The van der Waals surface area contributed by atoms with Crippen LogP contribution in [0.2, 0.25) is 0 Å². The summed E-state index contributed by atoms with van der Waals surface area (Å²) in [5.41, 5.74) is 2.38. The molecule has 1 aliphatic carbocycles. The summed E-state index contributed by atoms with van der Waals surface area (Å²) in [7, 11) is 6.27. The number of hydrogen-bond donors (Lipinski definition) is 8. The second-order valence-electron chi connectivity index (χ2n) is 12.8. The van der Waals surface area contributed by atoms with Crippen LogP contribution in [0.15, 0.2) is 24.3 Å². The van der Waals surface area contributed by atoms with E-state index < -0.39 is 37.8 Å². The van der Waals surface area contributed by atoms with E-state index in [0.29, 0.717) is 36.5 Å². The predicted octanol–water partition coefficient (Wildman–Crippen LogP) is 3.65. The van der Waals surface area contributed by atoms with E-state index in [-0.39, 0.29) is 59.6 Å². The molecule has 1 saturated carbocycles. The predicted molar refractivity (Wildman–Crippen MR) is 189 cm³/mol. The summed E-state index contributed by atoms with van der Waals surface area (Å²) in [6, 6.07) is 6.74. The fourth-order valence-corrected chi connectivity index (χ4v) is 9.77. The van der Waals surface area contributed by atoms with Gasteiger partial charge in [-0.25, -0.2) is 0 Å². The van der Waals surface area contributed by atoms with E-state index in [4.69, 9.17) is 18.9 Å². The smallest absolute Gasteiger partial charge is 0.200 e. The molecule has 0 spiro atoms. The van der Waals surface area contributed by atoms with Crippen LogP contribution in [0, 0.1) is 11.8 Å². The van der Waals surface area contributed by atoms with Crippen molar-refractivity contribution in [3.05, 3.63) is 41.0 Å². The number of aliphatic hydroxyl groups is 5. The third-order valence-electron chi connectivity index (χ3n) is 9.51. The SMILES string of the molecule is CNCC1CCC(Oc2cc3c(cc2O)[C@H](CCO)SSC[C@H](O)[C@@H](Cc2cc(OC)c(O)c(OCO)c2)[C@H](O)C[C@@H](OCO)CC3)CC1. The molecule has 276 valence electrons. The molecule has 0 aromatic heterocycles. The van der Waals surface area contributed by atoms with E-state index in [0.717, 1.165) is 43.4 Å². The summed E-state index contributed by atoms with van der Waals surface area (Å²) in [4.78, 5) is 0. The molecule has 49 heavy (non-hydrogen) atoms. The van der Waals surface area contributed by atoms with Crippen molar-refractivity contribution in [2.24, 2.45) is 11.8 Å². The number of phenols is 2. The molecule has 0 saturated heterocycles. The summed E-state index contributed by atoms with van der Waals surface area (Å²) >= 11 is 0. The van der Waals surface area contributed by atoms with Gasteiger partial charge in [0, 0.05) is 23.5 Å². The van der Waals surface area contributed by atoms with Crippen molar-refractivity contribution in [2.75, 3.05) is 46.6 Å². The molecule has 1 heterocycles. The number of hydrogen-bond acceptors (Lipinski definition) is 14. The molecule has 2 aromatic carbocycles. The highest BCUT2D eigenvalue weighted by atomic mass is 33.1. The molecular formula is C35H53NO11S2. The molecular weight excluding hydrogens is 675 g/mol. The largest absolute Gasteiger partial charge is 0.504 e. The summed E-state index contributed by atoms with van der Waals surface area (Å²) < 4.78 is 22.5. The van der Waals surface area contributed by atoms with Crippen LogP contribution in [0.1, 0.15) is 66.9 Å². The van der Waals surface area contributed by atoms with Gasteiger partial charge in [-0.1, -0.05) is 21.6 Å². The van der Waals surface area contributed by atoms with Crippen LogP contribution in [0.3, 0.4) is 0 Å². The van der Waals surface area contributed by atoms with Crippen LogP contribution in [-0.2, 0) is 17.6 Å². The lowest BCUT2D eigenvalue weighted by atomic mass is 9.85. The van der Waals surface area contributed by atoms with Crippen LogP contribution >= 0.6 is 21.6 Å². The van der Waals surface area contributed by atoms with Crippen molar-refractivity contribution < 1.29 is 54.7 Å². The second-order valence-corrected chi connectivity index (χ2v) is 15.4. The average Bonchev–Trinajstić information content (AvgIpc) is 3.09. The summed E-state index contributed by atoms with van der Waals surface area (Å²) in [6.45, 7) is -0.306. The first-order valence-electron chi connectivity index (χ1n) is 17.0. The molecule has 14 heteroatoms. The molecule has 4 rings (SSSR count). The Hall–Kier alpha value is -2.14. The maximum absolute atomic E-state index is 11.6. The maximum Gasteiger partial charge on any atom is 0.200 e. The quantitative estimate of drug-likeness (QED) is 0.110. The zero-order valence-corrected chi connectivity index (χ0v) is 30.0. The van der Waals surface area contributed by atoms with Crippen molar-refractivity contribution in [3.63, 3.8) is 0 Å². The van der Waals surface area contributed by atoms with Crippen molar-refractivity contribution in [1.82, 2.24) is 5.32 Å². The highest BCUT2D eigenvalue weighted by molar-refractivity contribution is 8.76. The third kappa shape index (κ3) is 11.2. The van der Waals surface area contributed by atoms with Gasteiger partial charge in [-0.2, -0.15) is 0 Å². The first-order chi connectivity index (χ1) is 23.7. The minimum Gasteiger partial charge on any atom is -0.504 e. The lowest BCUT2D eigenvalue weighted by molar-refractivity contribution is -0.0808. The second kappa shape index (κ2) is 20.0.